The molecule has 1 aromatic carbocycles. The number of rotatable bonds is 2. The summed E-state index contributed by atoms with van der Waals surface area (Å²) in [7, 11) is 0. The predicted molar refractivity (Wildman–Crippen MR) is 93.3 cm³/mol. The fourth-order valence-corrected chi connectivity index (χ4v) is 3.19. The average Bonchev–Trinajstić information content (AvgIpc) is 3.02. The van der Waals surface area contributed by atoms with Crippen molar-refractivity contribution in [3.8, 4) is 11.3 Å². The molecule has 0 spiro atoms. The highest BCUT2D eigenvalue weighted by molar-refractivity contribution is 6.07. The van der Waals surface area contributed by atoms with Crippen LogP contribution in [0, 0.1) is 6.92 Å². The molecule has 0 saturated carbocycles. The van der Waals surface area contributed by atoms with Crippen molar-refractivity contribution >= 4 is 17.0 Å². The molecule has 1 aliphatic heterocycles. The number of hydrogen-bond donors (Lipinski definition) is 0. The number of pyridine rings is 1. The first kappa shape index (κ1) is 15.8. The van der Waals surface area contributed by atoms with Crippen molar-refractivity contribution in [3.63, 3.8) is 0 Å². The minimum Gasteiger partial charge on any atom is -0.375 e. The number of benzene rings is 1. The molecule has 6 heteroatoms. The smallest absolute Gasteiger partial charge is 0.259 e. The van der Waals surface area contributed by atoms with Gasteiger partial charge in [0.1, 0.15) is 0 Å². The number of amides is 1. The lowest BCUT2D eigenvalue weighted by Gasteiger charge is -2.31. The van der Waals surface area contributed by atoms with Gasteiger partial charge in [-0.3, -0.25) is 4.79 Å². The molecule has 4 rings (SSSR count). The molecule has 0 bridgehead atoms. The van der Waals surface area contributed by atoms with Crippen LogP contribution in [-0.2, 0) is 4.74 Å². The lowest BCUT2D eigenvalue weighted by molar-refractivity contribution is -0.0123. The molecule has 1 aliphatic rings. The summed E-state index contributed by atoms with van der Waals surface area (Å²) in [5.74, 6) is -0.0361. The van der Waals surface area contributed by atoms with Crippen LogP contribution in [0.4, 0.5) is 0 Å². The van der Waals surface area contributed by atoms with E-state index in [4.69, 9.17) is 9.26 Å². The standard InChI is InChI=1S/C19H19N3O3/c1-12-11-22(8-9-24-12)19(23)15-10-16(14-6-4-3-5-7-14)20-18-17(15)13(2)21-25-18/h3-7,10,12H,8-9,11H2,1-2H3. The van der Waals surface area contributed by atoms with Crippen molar-refractivity contribution in [1.82, 2.24) is 15.0 Å². The third-order valence-corrected chi connectivity index (χ3v) is 4.45. The van der Waals surface area contributed by atoms with Crippen molar-refractivity contribution in [2.24, 2.45) is 0 Å². The Bertz CT molecular complexity index is 920. The van der Waals surface area contributed by atoms with Gasteiger partial charge in [0.2, 0.25) is 0 Å². The molecular weight excluding hydrogens is 318 g/mol. The number of aryl methyl sites for hydroxylation is 1. The number of nitrogens with zero attached hydrogens (tertiary/aromatic N) is 3. The summed E-state index contributed by atoms with van der Waals surface area (Å²) < 4.78 is 10.9. The van der Waals surface area contributed by atoms with Crippen LogP contribution in [0.1, 0.15) is 23.0 Å². The van der Waals surface area contributed by atoms with Crippen LogP contribution < -0.4 is 0 Å². The van der Waals surface area contributed by atoms with Crippen molar-refractivity contribution in [2.45, 2.75) is 20.0 Å². The van der Waals surface area contributed by atoms with Crippen LogP contribution in [-0.4, -0.2) is 46.7 Å². The molecule has 0 N–H and O–H groups in total. The summed E-state index contributed by atoms with van der Waals surface area (Å²) >= 11 is 0. The van der Waals surface area contributed by atoms with Gasteiger partial charge in [-0.2, -0.15) is 0 Å². The van der Waals surface area contributed by atoms with Gasteiger partial charge in [0.25, 0.3) is 11.6 Å². The van der Waals surface area contributed by atoms with Gasteiger partial charge >= 0.3 is 0 Å². The third kappa shape index (κ3) is 2.89. The number of hydrogen-bond acceptors (Lipinski definition) is 5. The van der Waals surface area contributed by atoms with Gasteiger partial charge in [-0.1, -0.05) is 35.5 Å². The quantitative estimate of drug-likeness (QED) is 0.719. The lowest BCUT2D eigenvalue weighted by atomic mass is 10.0. The minimum atomic E-state index is -0.0361. The minimum absolute atomic E-state index is 0.0344. The van der Waals surface area contributed by atoms with Gasteiger partial charge < -0.3 is 14.2 Å². The molecule has 128 valence electrons. The second-order valence-corrected chi connectivity index (χ2v) is 6.30. The fourth-order valence-electron chi connectivity index (χ4n) is 3.19. The summed E-state index contributed by atoms with van der Waals surface area (Å²) in [5, 5.41) is 4.68. The van der Waals surface area contributed by atoms with E-state index in [0.29, 0.717) is 47.7 Å². The van der Waals surface area contributed by atoms with E-state index in [2.05, 4.69) is 10.1 Å². The molecule has 1 fully saturated rings. The Morgan fingerprint density at radius 1 is 1.28 bits per heavy atom. The van der Waals surface area contributed by atoms with Gasteiger partial charge in [-0.25, -0.2) is 4.98 Å². The fraction of sp³-hybridized carbons (Fsp3) is 0.316. The maximum absolute atomic E-state index is 13.2. The van der Waals surface area contributed by atoms with E-state index in [1.807, 2.05) is 55.1 Å². The van der Waals surface area contributed by atoms with E-state index >= 15 is 0 Å². The number of carbonyl (C=O) groups is 1. The van der Waals surface area contributed by atoms with Crippen molar-refractivity contribution < 1.29 is 14.1 Å². The predicted octanol–water partition coefficient (Wildman–Crippen LogP) is 3.06. The number of ether oxygens (including phenoxy) is 1. The van der Waals surface area contributed by atoms with E-state index < -0.39 is 0 Å². The number of fused-ring (bicyclic) bond motifs is 1. The zero-order valence-corrected chi connectivity index (χ0v) is 14.2. The molecule has 2 aromatic heterocycles. The summed E-state index contributed by atoms with van der Waals surface area (Å²) in [6, 6.07) is 11.6. The average molecular weight is 337 g/mol. The van der Waals surface area contributed by atoms with Gasteiger partial charge in [0.15, 0.2) is 0 Å². The van der Waals surface area contributed by atoms with Crippen molar-refractivity contribution in [1.29, 1.82) is 0 Å². The highest BCUT2D eigenvalue weighted by atomic mass is 16.5. The molecule has 1 atom stereocenters. The van der Waals surface area contributed by atoms with E-state index in [-0.39, 0.29) is 12.0 Å². The van der Waals surface area contributed by atoms with Gasteiger partial charge in [0.05, 0.1) is 35.0 Å². The summed E-state index contributed by atoms with van der Waals surface area (Å²) in [6.45, 7) is 5.51. The Morgan fingerprint density at radius 3 is 2.84 bits per heavy atom. The molecular formula is C19H19N3O3. The maximum Gasteiger partial charge on any atom is 0.259 e. The first-order chi connectivity index (χ1) is 12.1. The summed E-state index contributed by atoms with van der Waals surface area (Å²) in [5.41, 5.74) is 3.28. The second-order valence-electron chi connectivity index (χ2n) is 6.30. The molecule has 1 amide bonds. The Kier molecular flexibility index (Phi) is 3.97. The topological polar surface area (TPSA) is 68.5 Å². The zero-order valence-electron chi connectivity index (χ0n) is 14.2. The SMILES string of the molecule is Cc1noc2nc(-c3ccccc3)cc(C(=O)N3CCOC(C)C3)c12. The number of carbonyl (C=O) groups excluding carboxylic acids is 1. The Hall–Kier alpha value is -2.73. The number of aromatic nitrogens is 2. The van der Waals surface area contributed by atoms with E-state index in [1.165, 1.54) is 0 Å². The largest absolute Gasteiger partial charge is 0.375 e. The highest BCUT2D eigenvalue weighted by Gasteiger charge is 2.26. The molecule has 25 heavy (non-hydrogen) atoms. The van der Waals surface area contributed by atoms with Gasteiger partial charge in [0, 0.05) is 18.7 Å². The molecule has 6 nitrogen and oxygen atoms in total. The van der Waals surface area contributed by atoms with Crippen molar-refractivity contribution in [3.05, 3.63) is 47.7 Å². The Morgan fingerprint density at radius 2 is 2.08 bits per heavy atom. The van der Waals surface area contributed by atoms with Crippen LogP contribution in [0.5, 0.6) is 0 Å². The maximum atomic E-state index is 13.2. The lowest BCUT2D eigenvalue weighted by Crippen LogP contribution is -2.44. The second kappa shape index (κ2) is 6.29. The van der Waals surface area contributed by atoms with Crippen molar-refractivity contribution in [2.75, 3.05) is 19.7 Å². The molecule has 3 aromatic rings. The van der Waals surface area contributed by atoms with Crippen LogP contribution in [0.3, 0.4) is 0 Å². The third-order valence-electron chi connectivity index (χ3n) is 4.45. The zero-order chi connectivity index (χ0) is 17.4. The summed E-state index contributed by atoms with van der Waals surface area (Å²) in [4.78, 5) is 19.5. The van der Waals surface area contributed by atoms with Gasteiger partial charge in [-0.05, 0) is 19.9 Å². The summed E-state index contributed by atoms with van der Waals surface area (Å²) in [6.07, 6.45) is 0.0344. The first-order valence-corrected chi connectivity index (χ1v) is 8.37. The van der Waals surface area contributed by atoms with E-state index in [0.717, 1.165) is 5.56 Å². The van der Waals surface area contributed by atoms with Gasteiger partial charge in [-0.15, -0.1) is 0 Å². The van der Waals surface area contributed by atoms with E-state index in [1.54, 1.807) is 0 Å². The van der Waals surface area contributed by atoms with Crippen LogP contribution in [0.25, 0.3) is 22.4 Å². The van der Waals surface area contributed by atoms with Crippen LogP contribution in [0.15, 0.2) is 40.9 Å². The Balaban J connectivity index is 1.83. The number of morpholine rings is 1. The molecule has 0 aliphatic carbocycles. The Labute approximate surface area is 145 Å². The highest BCUT2D eigenvalue weighted by Crippen LogP contribution is 2.28. The monoisotopic (exact) mass is 337 g/mol. The molecule has 3 heterocycles. The molecule has 1 unspecified atom stereocenters. The van der Waals surface area contributed by atoms with E-state index in [9.17, 15) is 4.79 Å². The normalized spacial score (nSPS) is 17.8. The van der Waals surface area contributed by atoms with Crippen LogP contribution >= 0.6 is 0 Å². The molecule has 0 radical (unpaired) electrons. The molecule has 1 saturated heterocycles. The van der Waals surface area contributed by atoms with Crippen LogP contribution in [0.2, 0.25) is 0 Å². The first-order valence-electron chi connectivity index (χ1n) is 8.37.